The molecule has 0 atom stereocenters. The molecule has 0 unspecified atom stereocenters. The van der Waals surface area contributed by atoms with Crippen LogP contribution in [0.1, 0.15) is 16.7 Å². The molecule has 0 amide bonds. The number of aromatic nitrogens is 2. The first-order chi connectivity index (χ1) is 12.9. The Hall–Kier alpha value is -2.78. The molecule has 0 bridgehead atoms. The maximum atomic E-state index is 4.60. The maximum Gasteiger partial charge on any atom is 0.121 e. The Kier molecular flexibility index (Phi) is 4.63. The van der Waals surface area contributed by atoms with Gasteiger partial charge in [-0.2, -0.15) is 0 Å². The van der Waals surface area contributed by atoms with Gasteiger partial charge >= 0.3 is 0 Å². The van der Waals surface area contributed by atoms with Gasteiger partial charge in [-0.1, -0.05) is 91.0 Å². The van der Waals surface area contributed by atoms with Crippen molar-refractivity contribution in [3.05, 3.63) is 120 Å². The van der Waals surface area contributed by atoms with Crippen molar-refractivity contribution in [2.24, 2.45) is 0 Å². The fourth-order valence-corrected chi connectivity index (χ4v) is 3.95. The predicted molar refractivity (Wildman–Crippen MR) is 109 cm³/mol. The monoisotopic (exact) mass is 356 g/mol. The fourth-order valence-electron chi connectivity index (χ4n) is 3.58. The number of nitrogens with zero attached hydrogens (tertiary/aromatic N) is 2. The molecule has 26 heavy (non-hydrogen) atoms. The second-order valence-corrected chi connectivity index (χ2v) is 6.96. The van der Waals surface area contributed by atoms with Crippen LogP contribution in [-0.2, 0) is 5.54 Å². The molecule has 0 saturated heterocycles. The number of hydrogen-bond acceptors (Lipinski definition) is 2. The Morgan fingerprint density at radius 3 is 1.46 bits per heavy atom. The highest BCUT2D eigenvalue weighted by Gasteiger charge is 2.38. The van der Waals surface area contributed by atoms with Crippen LogP contribution in [0.5, 0.6) is 0 Å². The highest BCUT2D eigenvalue weighted by atomic mass is 32.2. The zero-order valence-electron chi connectivity index (χ0n) is 14.6. The maximum absolute atomic E-state index is 4.60. The summed E-state index contributed by atoms with van der Waals surface area (Å²) in [7, 11) is 0. The van der Waals surface area contributed by atoms with E-state index in [1.54, 1.807) is 11.8 Å². The minimum atomic E-state index is -0.467. The summed E-state index contributed by atoms with van der Waals surface area (Å²) >= 11 is 1.66. The normalized spacial score (nSPS) is 11.4. The quantitative estimate of drug-likeness (QED) is 0.350. The molecule has 3 heteroatoms. The molecular formula is C23H20N2S. The Balaban J connectivity index is 2.10. The van der Waals surface area contributed by atoms with Gasteiger partial charge in [0, 0.05) is 6.20 Å². The van der Waals surface area contributed by atoms with Gasteiger partial charge in [-0.05, 0) is 22.9 Å². The molecule has 0 saturated carbocycles. The SMILES string of the molecule is CSc1cn(C(c2ccccc2)(c2ccccc2)c2ccccc2)cn1. The Morgan fingerprint density at radius 1 is 0.692 bits per heavy atom. The molecule has 0 radical (unpaired) electrons. The van der Waals surface area contributed by atoms with E-state index in [0.29, 0.717) is 0 Å². The zero-order valence-corrected chi connectivity index (χ0v) is 15.4. The molecule has 1 aromatic heterocycles. The van der Waals surface area contributed by atoms with Crippen molar-refractivity contribution in [3.63, 3.8) is 0 Å². The van der Waals surface area contributed by atoms with E-state index < -0.39 is 5.54 Å². The van der Waals surface area contributed by atoms with Crippen LogP contribution in [0.2, 0.25) is 0 Å². The lowest BCUT2D eigenvalue weighted by Crippen LogP contribution is -2.36. The van der Waals surface area contributed by atoms with Crippen molar-refractivity contribution in [2.75, 3.05) is 6.26 Å². The molecule has 3 aromatic carbocycles. The first-order valence-corrected chi connectivity index (χ1v) is 9.83. The third kappa shape index (κ3) is 2.74. The van der Waals surface area contributed by atoms with Gasteiger partial charge in [-0.3, -0.25) is 0 Å². The van der Waals surface area contributed by atoms with Crippen LogP contribution in [0, 0.1) is 0 Å². The third-order valence-corrected chi connectivity index (χ3v) is 5.36. The summed E-state index contributed by atoms with van der Waals surface area (Å²) in [5, 5.41) is 1.01. The van der Waals surface area contributed by atoms with Crippen LogP contribution in [0.4, 0.5) is 0 Å². The largest absolute Gasteiger partial charge is 0.318 e. The van der Waals surface area contributed by atoms with Gasteiger partial charge < -0.3 is 4.57 Å². The highest BCUT2D eigenvalue weighted by Crippen LogP contribution is 2.41. The van der Waals surface area contributed by atoms with E-state index in [0.717, 1.165) is 5.03 Å². The Labute approximate surface area is 158 Å². The molecular weight excluding hydrogens is 336 g/mol. The van der Waals surface area contributed by atoms with Crippen molar-refractivity contribution >= 4 is 11.8 Å². The number of imidazole rings is 1. The fraction of sp³-hybridized carbons (Fsp3) is 0.0870. The molecule has 0 aliphatic carbocycles. The summed E-state index contributed by atoms with van der Waals surface area (Å²) < 4.78 is 2.23. The highest BCUT2D eigenvalue weighted by molar-refractivity contribution is 7.98. The first-order valence-electron chi connectivity index (χ1n) is 8.60. The van der Waals surface area contributed by atoms with E-state index in [9.17, 15) is 0 Å². The molecule has 0 aliphatic rings. The van der Waals surface area contributed by atoms with Crippen LogP contribution >= 0.6 is 11.8 Å². The van der Waals surface area contributed by atoms with E-state index in [1.807, 2.05) is 6.33 Å². The standard InChI is InChI=1S/C23H20N2S/c1-26-22-17-25(18-24-22)23(19-11-5-2-6-12-19,20-13-7-3-8-14-20)21-15-9-4-10-16-21/h2-18H,1H3. The first kappa shape index (κ1) is 16.7. The van der Waals surface area contributed by atoms with Gasteiger partial charge in [0.2, 0.25) is 0 Å². The van der Waals surface area contributed by atoms with Crippen LogP contribution in [0.3, 0.4) is 0 Å². The van der Waals surface area contributed by atoms with E-state index in [1.165, 1.54) is 16.7 Å². The lowest BCUT2D eigenvalue weighted by molar-refractivity contribution is 0.514. The Bertz CT molecular complexity index is 866. The van der Waals surface area contributed by atoms with Crippen molar-refractivity contribution < 1.29 is 0 Å². The van der Waals surface area contributed by atoms with Crippen LogP contribution in [0.25, 0.3) is 0 Å². The van der Waals surface area contributed by atoms with E-state index in [2.05, 4.69) is 113 Å². The second kappa shape index (κ2) is 7.22. The zero-order chi connectivity index (χ0) is 17.8. The van der Waals surface area contributed by atoms with Crippen molar-refractivity contribution in [1.82, 2.24) is 9.55 Å². The number of hydrogen-bond donors (Lipinski definition) is 0. The van der Waals surface area contributed by atoms with E-state index >= 15 is 0 Å². The van der Waals surface area contributed by atoms with Gasteiger partial charge in [-0.15, -0.1) is 11.8 Å². The van der Waals surface area contributed by atoms with Crippen LogP contribution in [-0.4, -0.2) is 15.8 Å². The lowest BCUT2D eigenvalue weighted by atomic mass is 9.77. The van der Waals surface area contributed by atoms with Crippen molar-refractivity contribution in [2.45, 2.75) is 10.6 Å². The summed E-state index contributed by atoms with van der Waals surface area (Å²) in [4.78, 5) is 4.60. The van der Waals surface area contributed by atoms with Gasteiger partial charge in [0.25, 0.3) is 0 Å². The molecule has 128 valence electrons. The third-order valence-electron chi connectivity index (χ3n) is 4.73. The number of benzene rings is 3. The number of rotatable bonds is 5. The molecule has 1 heterocycles. The van der Waals surface area contributed by atoms with Crippen molar-refractivity contribution in [1.29, 1.82) is 0 Å². The van der Waals surface area contributed by atoms with Gasteiger partial charge in [0.15, 0.2) is 0 Å². The lowest BCUT2D eigenvalue weighted by Gasteiger charge is -2.37. The minimum absolute atomic E-state index is 0.467. The average molecular weight is 356 g/mol. The Morgan fingerprint density at radius 2 is 1.12 bits per heavy atom. The summed E-state index contributed by atoms with van der Waals surface area (Å²) in [6, 6.07) is 31.9. The van der Waals surface area contributed by atoms with E-state index in [-0.39, 0.29) is 0 Å². The minimum Gasteiger partial charge on any atom is -0.318 e. The smallest absolute Gasteiger partial charge is 0.121 e. The topological polar surface area (TPSA) is 17.8 Å². The molecule has 0 aliphatic heterocycles. The summed E-state index contributed by atoms with van der Waals surface area (Å²) in [6.07, 6.45) is 6.14. The van der Waals surface area contributed by atoms with Crippen molar-refractivity contribution in [3.8, 4) is 0 Å². The number of thioether (sulfide) groups is 1. The van der Waals surface area contributed by atoms with Gasteiger partial charge in [0.1, 0.15) is 10.6 Å². The molecule has 4 aromatic rings. The molecule has 0 fully saturated rings. The summed E-state index contributed by atoms with van der Waals surface area (Å²) in [5.74, 6) is 0. The summed E-state index contributed by atoms with van der Waals surface area (Å²) in [6.45, 7) is 0. The average Bonchev–Trinajstić information content (AvgIpc) is 3.21. The molecule has 0 spiro atoms. The van der Waals surface area contributed by atoms with E-state index in [4.69, 9.17) is 0 Å². The van der Waals surface area contributed by atoms with Gasteiger partial charge in [0.05, 0.1) is 6.33 Å². The van der Waals surface area contributed by atoms with Crippen LogP contribution < -0.4 is 0 Å². The predicted octanol–water partition coefficient (Wildman–Crippen LogP) is 5.45. The second-order valence-electron chi connectivity index (χ2n) is 6.13. The summed E-state index contributed by atoms with van der Waals surface area (Å²) in [5.41, 5.74) is 3.16. The molecule has 4 rings (SSSR count). The van der Waals surface area contributed by atoms with Gasteiger partial charge in [-0.25, -0.2) is 4.98 Å². The molecule has 2 nitrogen and oxygen atoms in total. The molecule has 0 N–H and O–H groups in total. The van der Waals surface area contributed by atoms with Crippen LogP contribution in [0.15, 0.2) is 109 Å².